The van der Waals surface area contributed by atoms with Gasteiger partial charge in [-0.25, -0.2) is 4.68 Å². The third-order valence-corrected chi connectivity index (χ3v) is 3.20. The van der Waals surface area contributed by atoms with E-state index in [-0.39, 0.29) is 0 Å². The van der Waals surface area contributed by atoms with E-state index in [1.165, 1.54) is 31.5 Å². The molecule has 1 aromatic carbocycles. The molecule has 0 unspecified atom stereocenters. The number of fused-ring (bicyclic) bond motifs is 1. The molecular formula is C12H16N4. The molecule has 2 heterocycles. The van der Waals surface area contributed by atoms with Crippen molar-refractivity contribution in [2.24, 2.45) is 0 Å². The van der Waals surface area contributed by atoms with Gasteiger partial charge in [0.1, 0.15) is 5.52 Å². The Kier molecular flexibility index (Phi) is 2.36. The van der Waals surface area contributed by atoms with Crippen LogP contribution in [-0.2, 0) is 6.67 Å². The molecule has 4 heteroatoms. The number of aromatic nitrogens is 3. The van der Waals surface area contributed by atoms with Crippen molar-refractivity contribution < 1.29 is 0 Å². The summed E-state index contributed by atoms with van der Waals surface area (Å²) in [6.45, 7) is 5.35. The molecule has 1 aliphatic rings. The smallest absolute Gasteiger partial charge is 0.113 e. The van der Waals surface area contributed by atoms with Crippen molar-refractivity contribution in [2.75, 3.05) is 13.1 Å². The molecule has 84 valence electrons. The fourth-order valence-corrected chi connectivity index (χ4v) is 2.29. The van der Waals surface area contributed by atoms with Gasteiger partial charge in [0.2, 0.25) is 0 Å². The van der Waals surface area contributed by atoms with E-state index in [1.54, 1.807) is 0 Å². The van der Waals surface area contributed by atoms with Gasteiger partial charge in [-0.05, 0) is 50.6 Å². The van der Waals surface area contributed by atoms with Gasteiger partial charge in [0.25, 0.3) is 0 Å². The maximum absolute atomic E-state index is 4.22. The van der Waals surface area contributed by atoms with Gasteiger partial charge in [0.05, 0.1) is 12.2 Å². The van der Waals surface area contributed by atoms with E-state index in [4.69, 9.17) is 0 Å². The molecule has 16 heavy (non-hydrogen) atoms. The molecule has 3 rings (SSSR count). The number of aryl methyl sites for hydroxylation is 1. The third-order valence-electron chi connectivity index (χ3n) is 3.20. The molecule has 0 atom stereocenters. The van der Waals surface area contributed by atoms with Crippen molar-refractivity contribution in [2.45, 2.75) is 26.4 Å². The van der Waals surface area contributed by atoms with Crippen LogP contribution in [-0.4, -0.2) is 33.0 Å². The first kappa shape index (κ1) is 9.78. The van der Waals surface area contributed by atoms with Crippen molar-refractivity contribution in [3.63, 3.8) is 0 Å². The van der Waals surface area contributed by atoms with Crippen LogP contribution in [0.1, 0.15) is 18.4 Å². The highest BCUT2D eigenvalue weighted by Gasteiger charge is 2.13. The van der Waals surface area contributed by atoms with Gasteiger partial charge < -0.3 is 0 Å². The number of nitrogens with zero attached hydrogens (tertiary/aromatic N) is 4. The van der Waals surface area contributed by atoms with Crippen LogP contribution < -0.4 is 0 Å². The number of hydrogen-bond acceptors (Lipinski definition) is 3. The molecule has 1 saturated heterocycles. The number of rotatable bonds is 2. The molecule has 0 bridgehead atoms. The maximum atomic E-state index is 4.22. The van der Waals surface area contributed by atoms with Gasteiger partial charge >= 0.3 is 0 Å². The minimum absolute atomic E-state index is 0.875. The zero-order valence-corrected chi connectivity index (χ0v) is 9.56. The monoisotopic (exact) mass is 216 g/mol. The van der Waals surface area contributed by atoms with Crippen LogP contribution in [0.2, 0.25) is 0 Å². The lowest BCUT2D eigenvalue weighted by molar-refractivity contribution is 0.257. The molecule has 1 aliphatic heterocycles. The van der Waals surface area contributed by atoms with Crippen molar-refractivity contribution in [1.82, 2.24) is 19.9 Å². The van der Waals surface area contributed by atoms with Crippen LogP contribution in [0.15, 0.2) is 18.2 Å². The molecule has 2 aromatic rings. The standard InChI is InChI=1S/C12H16N4/c1-10-4-5-11-12(8-10)16(14-13-11)9-15-6-2-3-7-15/h4-5,8H,2-3,6-7,9H2,1H3. The van der Waals surface area contributed by atoms with E-state index < -0.39 is 0 Å². The normalized spacial score (nSPS) is 17.3. The van der Waals surface area contributed by atoms with E-state index in [2.05, 4.69) is 34.3 Å². The van der Waals surface area contributed by atoms with E-state index in [9.17, 15) is 0 Å². The summed E-state index contributed by atoms with van der Waals surface area (Å²) < 4.78 is 2.01. The molecule has 0 saturated carbocycles. The Hall–Kier alpha value is -1.42. The SMILES string of the molecule is Cc1ccc2nnn(CN3CCCC3)c2c1. The molecule has 0 aliphatic carbocycles. The summed E-state index contributed by atoms with van der Waals surface area (Å²) >= 11 is 0. The van der Waals surface area contributed by atoms with E-state index in [0.717, 1.165) is 17.7 Å². The Morgan fingerprint density at radius 1 is 1.25 bits per heavy atom. The van der Waals surface area contributed by atoms with Crippen LogP contribution in [0.5, 0.6) is 0 Å². The van der Waals surface area contributed by atoms with Crippen molar-refractivity contribution >= 4 is 11.0 Å². The van der Waals surface area contributed by atoms with Gasteiger partial charge in [0, 0.05) is 0 Å². The Balaban J connectivity index is 1.93. The van der Waals surface area contributed by atoms with Crippen molar-refractivity contribution in [3.05, 3.63) is 23.8 Å². The van der Waals surface area contributed by atoms with Gasteiger partial charge in [-0.15, -0.1) is 5.10 Å². The summed E-state index contributed by atoms with van der Waals surface area (Å²) in [6.07, 6.45) is 2.62. The highest BCUT2D eigenvalue weighted by molar-refractivity contribution is 5.74. The van der Waals surface area contributed by atoms with Gasteiger partial charge in [-0.1, -0.05) is 11.3 Å². The lowest BCUT2D eigenvalue weighted by Crippen LogP contribution is -2.23. The molecule has 4 nitrogen and oxygen atoms in total. The molecule has 0 amide bonds. The topological polar surface area (TPSA) is 34.0 Å². The first-order valence-corrected chi connectivity index (χ1v) is 5.85. The average molecular weight is 216 g/mol. The minimum atomic E-state index is 0.875. The fraction of sp³-hybridized carbons (Fsp3) is 0.500. The lowest BCUT2D eigenvalue weighted by atomic mass is 10.2. The Morgan fingerprint density at radius 3 is 2.88 bits per heavy atom. The van der Waals surface area contributed by atoms with Crippen molar-refractivity contribution in [3.8, 4) is 0 Å². The maximum Gasteiger partial charge on any atom is 0.113 e. The molecule has 0 N–H and O–H groups in total. The minimum Gasteiger partial charge on any atom is -0.284 e. The zero-order valence-electron chi connectivity index (χ0n) is 9.56. The number of benzene rings is 1. The molecule has 0 spiro atoms. The second kappa shape index (κ2) is 3.87. The highest BCUT2D eigenvalue weighted by atomic mass is 15.5. The predicted octanol–water partition coefficient (Wildman–Crippen LogP) is 1.79. The predicted molar refractivity (Wildman–Crippen MR) is 63.1 cm³/mol. The number of hydrogen-bond donors (Lipinski definition) is 0. The second-order valence-electron chi connectivity index (χ2n) is 4.55. The summed E-state index contributed by atoms with van der Waals surface area (Å²) in [5.74, 6) is 0. The summed E-state index contributed by atoms with van der Waals surface area (Å²) in [5.41, 5.74) is 3.40. The van der Waals surface area contributed by atoms with E-state index in [1.807, 2.05) is 10.7 Å². The van der Waals surface area contributed by atoms with E-state index >= 15 is 0 Å². The van der Waals surface area contributed by atoms with Crippen LogP contribution in [0, 0.1) is 6.92 Å². The number of likely N-dealkylation sites (tertiary alicyclic amines) is 1. The van der Waals surface area contributed by atoms with Crippen LogP contribution in [0.3, 0.4) is 0 Å². The zero-order chi connectivity index (χ0) is 11.0. The quantitative estimate of drug-likeness (QED) is 0.767. The largest absolute Gasteiger partial charge is 0.284 e. The third kappa shape index (κ3) is 1.69. The Morgan fingerprint density at radius 2 is 2.06 bits per heavy atom. The summed E-state index contributed by atoms with van der Waals surface area (Å²) in [4.78, 5) is 2.43. The van der Waals surface area contributed by atoms with Gasteiger partial charge in [-0.3, -0.25) is 4.90 Å². The second-order valence-corrected chi connectivity index (χ2v) is 4.55. The first-order valence-electron chi connectivity index (χ1n) is 5.85. The average Bonchev–Trinajstić information content (AvgIpc) is 2.90. The molecule has 1 fully saturated rings. The molecular weight excluding hydrogens is 200 g/mol. The van der Waals surface area contributed by atoms with Gasteiger partial charge in [0.15, 0.2) is 0 Å². The summed E-state index contributed by atoms with van der Waals surface area (Å²) in [7, 11) is 0. The first-order chi connectivity index (χ1) is 7.83. The lowest BCUT2D eigenvalue weighted by Gasteiger charge is -2.14. The Bertz CT molecular complexity index is 497. The highest BCUT2D eigenvalue weighted by Crippen LogP contribution is 2.15. The fourth-order valence-electron chi connectivity index (χ4n) is 2.29. The summed E-state index contributed by atoms with van der Waals surface area (Å²) in [5, 5.41) is 8.41. The summed E-state index contributed by atoms with van der Waals surface area (Å²) in [6, 6.07) is 6.28. The molecule has 0 radical (unpaired) electrons. The van der Waals surface area contributed by atoms with Crippen LogP contribution in [0.25, 0.3) is 11.0 Å². The van der Waals surface area contributed by atoms with Crippen LogP contribution >= 0.6 is 0 Å². The van der Waals surface area contributed by atoms with Crippen LogP contribution in [0.4, 0.5) is 0 Å². The van der Waals surface area contributed by atoms with Gasteiger partial charge in [-0.2, -0.15) is 0 Å². The van der Waals surface area contributed by atoms with E-state index in [0.29, 0.717) is 0 Å². The Labute approximate surface area is 94.9 Å². The van der Waals surface area contributed by atoms with Crippen molar-refractivity contribution in [1.29, 1.82) is 0 Å². The molecule has 1 aromatic heterocycles.